The first-order valence-electron chi connectivity index (χ1n) is 10.7. The number of aromatic nitrogens is 2. The maximum atomic E-state index is 13.2. The van der Waals surface area contributed by atoms with Crippen LogP contribution in [0.5, 0.6) is 5.75 Å². The van der Waals surface area contributed by atoms with Crippen LogP contribution in [0.4, 0.5) is 0 Å². The number of benzene rings is 3. The Balaban J connectivity index is 1.59. The van der Waals surface area contributed by atoms with E-state index in [1.807, 2.05) is 67.6 Å². The lowest BCUT2D eigenvalue weighted by atomic mass is 10.1. The van der Waals surface area contributed by atoms with Crippen molar-refractivity contribution in [1.82, 2.24) is 9.66 Å². The number of hydrogen-bond donors (Lipinski definition) is 0. The second-order valence-electron chi connectivity index (χ2n) is 7.75. The van der Waals surface area contributed by atoms with Crippen molar-refractivity contribution in [3.8, 4) is 5.75 Å². The Morgan fingerprint density at radius 1 is 1.15 bits per heavy atom. The smallest absolute Gasteiger partial charge is 0.282 e. The second-order valence-corrected chi connectivity index (χ2v) is 9.07. The highest BCUT2D eigenvalue weighted by atomic mass is 79.9. The van der Waals surface area contributed by atoms with Crippen LogP contribution < -0.4 is 10.3 Å². The number of halogens is 2. The van der Waals surface area contributed by atoms with E-state index < -0.39 is 0 Å². The second kappa shape index (κ2) is 10.3. The predicted molar refractivity (Wildman–Crippen MR) is 138 cm³/mol. The quantitative estimate of drug-likeness (QED) is 0.250. The van der Waals surface area contributed by atoms with Crippen LogP contribution in [-0.2, 0) is 6.61 Å². The Morgan fingerprint density at radius 3 is 2.64 bits per heavy atom. The van der Waals surface area contributed by atoms with Gasteiger partial charge in [0.25, 0.3) is 5.56 Å². The fraction of sp³-hybridized carbons (Fsp3) is 0.192. The van der Waals surface area contributed by atoms with E-state index in [0.29, 0.717) is 28.4 Å². The lowest BCUT2D eigenvalue weighted by Gasteiger charge is -2.14. The van der Waals surface area contributed by atoms with Gasteiger partial charge in [0.1, 0.15) is 18.2 Å². The highest BCUT2D eigenvalue weighted by Gasteiger charge is 2.15. The standard InChI is InChI=1S/C26H23BrClN3O2/c1-3-17(2)25-30-24-13-10-20(27)14-22(24)26(32)31(25)29-15-18-8-11-21(12-9-18)33-16-19-6-4-5-7-23(19)28/h4-15,17H,3,16H2,1-2H3/t17-/m0/s1. The molecule has 0 saturated carbocycles. The summed E-state index contributed by atoms with van der Waals surface area (Å²) in [6.45, 7) is 4.50. The van der Waals surface area contributed by atoms with Crippen molar-refractivity contribution in [3.63, 3.8) is 0 Å². The van der Waals surface area contributed by atoms with Gasteiger partial charge in [0, 0.05) is 21.0 Å². The van der Waals surface area contributed by atoms with Gasteiger partial charge in [-0.25, -0.2) is 4.98 Å². The number of fused-ring (bicyclic) bond motifs is 1. The summed E-state index contributed by atoms with van der Waals surface area (Å²) in [5.74, 6) is 1.46. The van der Waals surface area contributed by atoms with Crippen molar-refractivity contribution < 1.29 is 4.74 Å². The Kier molecular flexibility index (Phi) is 7.26. The minimum absolute atomic E-state index is 0.0866. The van der Waals surface area contributed by atoms with Gasteiger partial charge in [-0.3, -0.25) is 4.79 Å². The van der Waals surface area contributed by atoms with Crippen LogP contribution in [0.15, 0.2) is 81.1 Å². The van der Waals surface area contributed by atoms with Crippen LogP contribution in [0.3, 0.4) is 0 Å². The van der Waals surface area contributed by atoms with Gasteiger partial charge >= 0.3 is 0 Å². The molecule has 0 fully saturated rings. The number of nitrogens with zero attached hydrogens (tertiary/aromatic N) is 3. The summed E-state index contributed by atoms with van der Waals surface area (Å²) >= 11 is 9.62. The number of ether oxygens (including phenoxy) is 1. The summed E-state index contributed by atoms with van der Waals surface area (Å²) in [4.78, 5) is 17.9. The lowest BCUT2D eigenvalue weighted by Crippen LogP contribution is -2.23. The predicted octanol–water partition coefficient (Wildman–Crippen LogP) is 6.79. The van der Waals surface area contributed by atoms with Crippen LogP contribution >= 0.6 is 27.5 Å². The molecule has 7 heteroatoms. The zero-order chi connectivity index (χ0) is 23.4. The minimum Gasteiger partial charge on any atom is -0.489 e. The van der Waals surface area contributed by atoms with Crippen molar-refractivity contribution in [2.45, 2.75) is 32.8 Å². The summed E-state index contributed by atoms with van der Waals surface area (Å²) < 4.78 is 8.07. The summed E-state index contributed by atoms with van der Waals surface area (Å²) in [6, 6.07) is 20.6. The first kappa shape index (κ1) is 23.2. The Bertz CT molecular complexity index is 1370. The van der Waals surface area contributed by atoms with Crippen LogP contribution in [0.1, 0.15) is 43.1 Å². The molecule has 1 aromatic heterocycles. The largest absolute Gasteiger partial charge is 0.489 e. The molecule has 0 N–H and O–H groups in total. The third-order valence-electron chi connectivity index (χ3n) is 5.44. The molecule has 0 aliphatic heterocycles. The van der Waals surface area contributed by atoms with Crippen molar-refractivity contribution in [1.29, 1.82) is 0 Å². The molecule has 0 aliphatic carbocycles. The molecule has 1 heterocycles. The first-order valence-corrected chi connectivity index (χ1v) is 11.9. The molecule has 5 nitrogen and oxygen atoms in total. The zero-order valence-corrected chi connectivity index (χ0v) is 20.7. The molecule has 1 atom stereocenters. The number of rotatable bonds is 7. The van der Waals surface area contributed by atoms with Gasteiger partial charge in [0.05, 0.1) is 17.1 Å². The Labute approximate surface area is 205 Å². The molecule has 4 aromatic rings. The lowest BCUT2D eigenvalue weighted by molar-refractivity contribution is 0.306. The van der Waals surface area contributed by atoms with Crippen LogP contribution in [-0.4, -0.2) is 15.9 Å². The number of hydrogen-bond acceptors (Lipinski definition) is 4. The summed E-state index contributed by atoms with van der Waals surface area (Å²) in [7, 11) is 0. The molecule has 0 bridgehead atoms. The van der Waals surface area contributed by atoms with Gasteiger partial charge in [-0.1, -0.05) is 59.6 Å². The summed E-state index contributed by atoms with van der Waals surface area (Å²) in [5.41, 5.74) is 2.26. The molecule has 0 spiro atoms. The average molecular weight is 525 g/mol. The van der Waals surface area contributed by atoms with Gasteiger partial charge in [-0.2, -0.15) is 9.78 Å². The van der Waals surface area contributed by atoms with E-state index in [-0.39, 0.29) is 11.5 Å². The molecule has 3 aromatic carbocycles. The molecule has 33 heavy (non-hydrogen) atoms. The van der Waals surface area contributed by atoms with E-state index in [1.54, 1.807) is 12.3 Å². The Hall–Kier alpha value is -2.96. The molecule has 0 unspecified atom stereocenters. The molecule has 0 saturated heterocycles. The molecular weight excluding hydrogens is 502 g/mol. The molecule has 168 valence electrons. The van der Waals surface area contributed by atoms with E-state index in [0.717, 1.165) is 27.8 Å². The summed E-state index contributed by atoms with van der Waals surface area (Å²) in [5, 5.41) is 5.71. The van der Waals surface area contributed by atoms with Crippen molar-refractivity contribution >= 4 is 44.6 Å². The highest BCUT2D eigenvalue weighted by molar-refractivity contribution is 9.10. The average Bonchev–Trinajstić information content (AvgIpc) is 2.83. The molecule has 0 radical (unpaired) electrons. The maximum absolute atomic E-state index is 13.2. The van der Waals surface area contributed by atoms with Gasteiger partial charge in [0.15, 0.2) is 0 Å². The van der Waals surface area contributed by atoms with Crippen molar-refractivity contribution in [2.75, 3.05) is 0 Å². The van der Waals surface area contributed by atoms with E-state index >= 15 is 0 Å². The van der Waals surface area contributed by atoms with E-state index in [4.69, 9.17) is 21.3 Å². The third kappa shape index (κ3) is 5.34. The minimum atomic E-state index is -0.187. The molecule has 0 aliphatic rings. The topological polar surface area (TPSA) is 56.5 Å². The fourth-order valence-corrected chi connectivity index (χ4v) is 3.88. The molecule has 4 rings (SSSR count). The van der Waals surface area contributed by atoms with E-state index in [2.05, 4.69) is 28.0 Å². The Morgan fingerprint density at radius 2 is 1.91 bits per heavy atom. The maximum Gasteiger partial charge on any atom is 0.282 e. The van der Waals surface area contributed by atoms with Gasteiger partial charge in [0.2, 0.25) is 0 Å². The van der Waals surface area contributed by atoms with Crippen LogP contribution in [0.25, 0.3) is 10.9 Å². The normalized spacial score (nSPS) is 12.4. The van der Waals surface area contributed by atoms with Crippen molar-refractivity contribution in [2.24, 2.45) is 5.10 Å². The first-order chi connectivity index (χ1) is 16.0. The molecular formula is C26H23BrClN3O2. The van der Waals surface area contributed by atoms with Crippen LogP contribution in [0.2, 0.25) is 5.02 Å². The van der Waals surface area contributed by atoms with E-state index in [1.165, 1.54) is 4.68 Å². The van der Waals surface area contributed by atoms with Crippen LogP contribution in [0, 0.1) is 0 Å². The fourth-order valence-electron chi connectivity index (χ4n) is 3.33. The zero-order valence-electron chi connectivity index (χ0n) is 18.3. The third-order valence-corrected chi connectivity index (χ3v) is 6.30. The van der Waals surface area contributed by atoms with Gasteiger partial charge in [-0.15, -0.1) is 0 Å². The van der Waals surface area contributed by atoms with E-state index in [9.17, 15) is 4.79 Å². The summed E-state index contributed by atoms with van der Waals surface area (Å²) in [6.07, 6.45) is 2.51. The van der Waals surface area contributed by atoms with Crippen molar-refractivity contribution in [3.05, 3.63) is 104 Å². The molecule has 0 amide bonds. The SMILES string of the molecule is CC[C@H](C)c1nc2ccc(Br)cc2c(=O)n1N=Cc1ccc(OCc2ccccc2Cl)cc1. The highest BCUT2D eigenvalue weighted by Crippen LogP contribution is 2.21. The van der Waals surface area contributed by atoms with Gasteiger partial charge < -0.3 is 4.74 Å². The van der Waals surface area contributed by atoms with Gasteiger partial charge in [-0.05, 0) is 60.5 Å². The monoisotopic (exact) mass is 523 g/mol.